The van der Waals surface area contributed by atoms with Gasteiger partial charge in [0.1, 0.15) is 23.4 Å². The molecule has 0 saturated carbocycles. The quantitative estimate of drug-likeness (QED) is 0.154. The number of hydrogen-bond acceptors (Lipinski definition) is 8. The van der Waals surface area contributed by atoms with Gasteiger partial charge in [-0.15, -0.1) is 0 Å². The molecule has 2 aliphatic rings. The monoisotopic (exact) mass is 706 g/mol. The number of Topliss-reactive ketones (excluding diaryl/α,β-unsaturated/α-hetero) is 2. The maximum atomic E-state index is 14.3. The largest absolute Gasteiger partial charge is 0.493 e. The first-order valence-electron chi connectivity index (χ1n) is 18.3. The van der Waals surface area contributed by atoms with Gasteiger partial charge in [0.05, 0.1) is 25.5 Å². The first kappa shape index (κ1) is 36.8. The van der Waals surface area contributed by atoms with Crippen molar-refractivity contribution >= 4 is 23.3 Å². The third-order valence-electron chi connectivity index (χ3n) is 9.70. The lowest BCUT2D eigenvalue weighted by Gasteiger charge is -2.34. The summed E-state index contributed by atoms with van der Waals surface area (Å²) in [5.41, 5.74) is 4.18. The van der Waals surface area contributed by atoms with Crippen molar-refractivity contribution in [3.8, 4) is 22.7 Å². The van der Waals surface area contributed by atoms with Crippen LogP contribution in [0, 0.1) is 11.8 Å². The van der Waals surface area contributed by atoms with Gasteiger partial charge >= 0.3 is 6.09 Å². The molecule has 0 bridgehead atoms. The zero-order valence-electron chi connectivity index (χ0n) is 30.8. The van der Waals surface area contributed by atoms with Crippen LogP contribution in [0.5, 0.6) is 5.75 Å². The van der Waals surface area contributed by atoms with Crippen molar-refractivity contribution < 1.29 is 28.6 Å². The van der Waals surface area contributed by atoms with Crippen molar-refractivity contribution in [1.29, 1.82) is 0 Å². The number of aromatic nitrogens is 2. The Balaban J connectivity index is 1.22. The molecule has 0 radical (unpaired) electrons. The molecule has 1 amide bonds. The van der Waals surface area contributed by atoms with Crippen molar-refractivity contribution in [3.05, 3.63) is 96.4 Å². The van der Waals surface area contributed by atoms with Gasteiger partial charge in [-0.3, -0.25) is 14.2 Å². The van der Waals surface area contributed by atoms with E-state index in [2.05, 4.69) is 17.0 Å². The minimum absolute atomic E-state index is 0.000736. The van der Waals surface area contributed by atoms with Gasteiger partial charge < -0.3 is 24.0 Å². The Morgan fingerprint density at radius 1 is 0.846 bits per heavy atom. The standard InChI is InChI=1S/C42H50N4O6/c1-30(47)33-15-17-37(18-16-33)51-28-32-14-13-31(19-20-45(27-32)41(49)52-42(2,3)4)25-38(48)39-40(34-9-6-5-7-10-34)46(29-43-39)36-12-8-11-35(26-36)44-21-23-50-24-22-44/h5-12,15-18,26,29,31-32H,13-14,19-25,27-28H2,1-4H3/t31?,32-/m0/s1. The zero-order valence-corrected chi connectivity index (χ0v) is 30.8. The molecule has 2 aliphatic heterocycles. The number of hydrogen-bond donors (Lipinski definition) is 0. The van der Waals surface area contributed by atoms with Crippen LogP contribution in [-0.4, -0.2) is 83.7 Å². The number of imidazole rings is 1. The number of amides is 1. The van der Waals surface area contributed by atoms with Crippen molar-refractivity contribution in [2.24, 2.45) is 11.8 Å². The zero-order chi connectivity index (χ0) is 36.7. The smallest absolute Gasteiger partial charge is 0.410 e. The van der Waals surface area contributed by atoms with Gasteiger partial charge in [0.25, 0.3) is 0 Å². The summed E-state index contributed by atoms with van der Waals surface area (Å²) < 4.78 is 19.5. The predicted molar refractivity (Wildman–Crippen MR) is 202 cm³/mol. The first-order valence-corrected chi connectivity index (χ1v) is 18.3. The number of carbonyl (C=O) groups excluding carboxylic acids is 3. The van der Waals surface area contributed by atoms with Crippen molar-refractivity contribution in [1.82, 2.24) is 14.5 Å². The third kappa shape index (κ3) is 9.47. The topological polar surface area (TPSA) is 103 Å². The summed E-state index contributed by atoms with van der Waals surface area (Å²) in [4.78, 5) is 48.2. The molecule has 10 heteroatoms. The number of rotatable bonds is 10. The highest BCUT2D eigenvalue weighted by Crippen LogP contribution is 2.32. The van der Waals surface area contributed by atoms with Crippen LogP contribution in [0.25, 0.3) is 16.9 Å². The second kappa shape index (κ2) is 16.6. The molecule has 2 atom stereocenters. The summed E-state index contributed by atoms with van der Waals surface area (Å²) in [6, 6.07) is 25.4. The number of morpholine rings is 1. The molecule has 3 aromatic carbocycles. The Hall–Kier alpha value is -4.96. The van der Waals surface area contributed by atoms with Crippen LogP contribution in [0.4, 0.5) is 10.5 Å². The van der Waals surface area contributed by atoms with Crippen LogP contribution in [0.15, 0.2) is 85.2 Å². The fourth-order valence-corrected chi connectivity index (χ4v) is 6.92. The highest BCUT2D eigenvalue weighted by atomic mass is 16.6. The van der Waals surface area contributed by atoms with Crippen LogP contribution in [-0.2, 0) is 9.47 Å². The molecule has 0 aliphatic carbocycles. The molecule has 4 aromatic rings. The highest BCUT2D eigenvalue weighted by molar-refractivity contribution is 6.00. The van der Waals surface area contributed by atoms with Crippen LogP contribution < -0.4 is 9.64 Å². The maximum Gasteiger partial charge on any atom is 0.410 e. The fraction of sp³-hybridized carbons (Fsp3) is 0.429. The Bertz CT molecular complexity index is 1830. The van der Waals surface area contributed by atoms with Gasteiger partial charge in [0.15, 0.2) is 11.6 Å². The van der Waals surface area contributed by atoms with E-state index in [1.807, 2.05) is 67.8 Å². The van der Waals surface area contributed by atoms with Crippen LogP contribution >= 0.6 is 0 Å². The van der Waals surface area contributed by atoms with E-state index < -0.39 is 5.60 Å². The first-order chi connectivity index (χ1) is 25.0. The highest BCUT2D eigenvalue weighted by Gasteiger charge is 2.30. The van der Waals surface area contributed by atoms with Gasteiger partial charge in [0, 0.05) is 61.0 Å². The van der Waals surface area contributed by atoms with Gasteiger partial charge in [-0.05, 0) is 95.3 Å². The van der Waals surface area contributed by atoms with Crippen LogP contribution in [0.1, 0.15) is 74.2 Å². The van der Waals surface area contributed by atoms with E-state index in [4.69, 9.17) is 19.2 Å². The SMILES string of the molecule is CC(=O)c1ccc(OC[C@H]2CCC(CC(=O)c3ncn(-c4cccc(N5CCOCC5)c4)c3-c3ccccc3)CCN(C(=O)OC(C)(C)C)C2)cc1. The number of ketones is 2. The van der Waals surface area contributed by atoms with E-state index in [1.165, 1.54) is 6.92 Å². The number of nitrogens with zero attached hydrogens (tertiary/aromatic N) is 4. The average Bonchev–Trinajstić information content (AvgIpc) is 3.58. The Morgan fingerprint density at radius 2 is 1.56 bits per heavy atom. The molecule has 6 rings (SSSR count). The lowest BCUT2D eigenvalue weighted by molar-refractivity contribution is 0.0164. The summed E-state index contributed by atoms with van der Waals surface area (Å²) in [5.74, 6) is 0.710. The molecule has 0 N–H and O–H groups in total. The molecule has 274 valence electrons. The molecule has 3 heterocycles. The predicted octanol–water partition coefficient (Wildman–Crippen LogP) is 7.88. The third-order valence-corrected chi connectivity index (χ3v) is 9.70. The molecule has 2 fully saturated rings. The number of carbonyl (C=O) groups is 3. The fourth-order valence-electron chi connectivity index (χ4n) is 6.92. The van der Waals surface area contributed by atoms with E-state index in [0.29, 0.717) is 62.8 Å². The Morgan fingerprint density at radius 3 is 2.27 bits per heavy atom. The van der Waals surface area contributed by atoms with Crippen LogP contribution in [0.2, 0.25) is 0 Å². The molecular weight excluding hydrogens is 656 g/mol. The summed E-state index contributed by atoms with van der Waals surface area (Å²) in [5, 5.41) is 0. The van der Waals surface area contributed by atoms with E-state index >= 15 is 0 Å². The number of anilines is 1. The van der Waals surface area contributed by atoms with E-state index in [0.717, 1.165) is 48.6 Å². The van der Waals surface area contributed by atoms with E-state index in [-0.39, 0.29) is 29.5 Å². The second-order valence-corrected chi connectivity index (χ2v) is 14.8. The molecule has 0 spiro atoms. The van der Waals surface area contributed by atoms with Crippen molar-refractivity contribution in [2.75, 3.05) is 50.9 Å². The summed E-state index contributed by atoms with van der Waals surface area (Å²) >= 11 is 0. The van der Waals surface area contributed by atoms with Crippen molar-refractivity contribution in [2.45, 2.75) is 59.0 Å². The Kier molecular flexibility index (Phi) is 11.7. The molecule has 2 saturated heterocycles. The summed E-state index contributed by atoms with van der Waals surface area (Å²) in [7, 11) is 0. The van der Waals surface area contributed by atoms with E-state index in [1.54, 1.807) is 35.5 Å². The molecular formula is C42H50N4O6. The van der Waals surface area contributed by atoms with Gasteiger partial charge in [-0.2, -0.15) is 0 Å². The van der Waals surface area contributed by atoms with E-state index in [9.17, 15) is 14.4 Å². The molecule has 10 nitrogen and oxygen atoms in total. The minimum Gasteiger partial charge on any atom is -0.493 e. The molecule has 52 heavy (non-hydrogen) atoms. The second-order valence-electron chi connectivity index (χ2n) is 14.8. The number of benzene rings is 3. The number of ether oxygens (including phenoxy) is 3. The molecule has 1 aromatic heterocycles. The van der Waals surface area contributed by atoms with Gasteiger partial charge in [0.2, 0.25) is 0 Å². The van der Waals surface area contributed by atoms with Crippen LogP contribution in [0.3, 0.4) is 0 Å². The Labute approximate surface area is 306 Å². The maximum absolute atomic E-state index is 14.3. The van der Waals surface area contributed by atoms with Crippen molar-refractivity contribution in [3.63, 3.8) is 0 Å². The van der Waals surface area contributed by atoms with Gasteiger partial charge in [-0.1, -0.05) is 36.4 Å². The minimum atomic E-state index is -0.631. The lowest BCUT2D eigenvalue weighted by Crippen LogP contribution is -2.43. The summed E-state index contributed by atoms with van der Waals surface area (Å²) in [6.07, 6.45) is 3.97. The van der Waals surface area contributed by atoms with Gasteiger partial charge in [-0.25, -0.2) is 9.78 Å². The number of likely N-dealkylation sites (tertiary alicyclic amines) is 1. The molecule has 1 unspecified atom stereocenters. The average molecular weight is 707 g/mol. The summed E-state index contributed by atoms with van der Waals surface area (Å²) in [6.45, 7) is 11.6. The lowest BCUT2D eigenvalue weighted by atomic mass is 9.87. The normalized spacial score (nSPS) is 18.3.